The summed E-state index contributed by atoms with van der Waals surface area (Å²) in [7, 11) is 0. The standard InChI is InChI=1S/C18H29NO/c1-16(2)8-10-17(13-19,11-9-16)18(20)7-3-4-15(12-18)14-5-6-14/h14-15,20H,3-12H2,1-2H3. The number of hydrogen-bond acceptors (Lipinski definition) is 2. The van der Waals surface area contributed by atoms with Gasteiger partial charge in [-0.2, -0.15) is 5.26 Å². The van der Waals surface area contributed by atoms with Gasteiger partial charge in [0.1, 0.15) is 0 Å². The smallest absolute Gasteiger partial charge is 0.0860 e. The van der Waals surface area contributed by atoms with E-state index in [1.165, 1.54) is 19.3 Å². The minimum atomic E-state index is -0.705. The van der Waals surface area contributed by atoms with E-state index >= 15 is 0 Å². The maximum absolute atomic E-state index is 11.3. The Hall–Kier alpha value is -0.550. The van der Waals surface area contributed by atoms with Crippen LogP contribution in [0.25, 0.3) is 0 Å². The molecule has 3 aliphatic rings. The molecule has 0 aromatic heterocycles. The zero-order chi connectivity index (χ0) is 14.4. The maximum Gasteiger partial charge on any atom is 0.0860 e. The molecule has 20 heavy (non-hydrogen) atoms. The number of aliphatic hydroxyl groups is 1. The Kier molecular flexibility index (Phi) is 3.41. The molecule has 1 N–H and O–H groups in total. The lowest BCUT2D eigenvalue weighted by molar-refractivity contribution is -0.121. The highest BCUT2D eigenvalue weighted by Gasteiger charge is 2.55. The summed E-state index contributed by atoms with van der Waals surface area (Å²) < 4.78 is 0. The molecule has 3 fully saturated rings. The predicted octanol–water partition coefficient (Wildman–Crippen LogP) is 4.43. The van der Waals surface area contributed by atoms with E-state index in [1.807, 2.05) is 0 Å². The molecule has 2 heteroatoms. The van der Waals surface area contributed by atoms with Gasteiger partial charge in [-0.05, 0) is 75.0 Å². The highest BCUT2D eigenvalue weighted by atomic mass is 16.3. The Bertz CT molecular complexity index is 408. The van der Waals surface area contributed by atoms with Crippen LogP contribution in [0.5, 0.6) is 0 Å². The first-order valence-corrected chi connectivity index (χ1v) is 8.53. The van der Waals surface area contributed by atoms with Crippen LogP contribution < -0.4 is 0 Å². The molecule has 112 valence electrons. The lowest BCUT2D eigenvalue weighted by atomic mass is 9.54. The van der Waals surface area contributed by atoms with Crippen LogP contribution in [0.4, 0.5) is 0 Å². The number of hydrogen-bond donors (Lipinski definition) is 1. The van der Waals surface area contributed by atoms with Crippen LogP contribution in [-0.2, 0) is 0 Å². The van der Waals surface area contributed by atoms with Crippen molar-refractivity contribution in [3.05, 3.63) is 0 Å². The number of nitrogens with zero attached hydrogens (tertiary/aromatic N) is 1. The number of rotatable bonds is 2. The van der Waals surface area contributed by atoms with Gasteiger partial charge >= 0.3 is 0 Å². The van der Waals surface area contributed by atoms with Gasteiger partial charge in [0, 0.05) is 0 Å². The van der Waals surface area contributed by atoms with Crippen molar-refractivity contribution < 1.29 is 5.11 Å². The summed E-state index contributed by atoms with van der Waals surface area (Å²) >= 11 is 0. The Morgan fingerprint density at radius 3 is 2.15 bits per heavy atom. The highest BCUT2D eigenvalue weighted by molar-refractivity contribution is 5.15. The largest absolute Gasteiger partial charge is 0.388 e. The summed E-state index contributed by atoms with van der Waals surface area (Å²) in [6.45, 7) is 4.60. The van der Waals surface area contributed by atoms with E-state index in [2.05, 4.69) is 19.9 Å². The molecular formula is C18H29NO. The van der Waals surface area contributed by atoms with Crippen molar-refractivity contribution in [1.29, 1.82) is 5.26 Å². The van der Waals surface area contributed by atoms with Crippen molar-refractivity contribution in [2.24, 2.45) is 22.7 Å². The lowest BCUT2D eigenvalue weighted by Crippen LogP contribution is -2.53. The topological polar surface area (TPSA) is 44.0 Å². The zero-order valence-electron chi connectivity index (χ0n) is 13.1. The fraction of sp³-hybridized carbons (Fsp3) is 0.944. The molecule has 2 unspecified atom stereocenters. The Labute approximate surface area is 123 Å². The van der Waals surface area contributed by atoms with Gasteiger partial charge < -0.3 is 5.11 Å². The van der Waals surface area contributed by atoms with Crippen LogP contribution in [0.2, 0.25) is 0 Å². The molecule has 3 aliphatic carbocycles. The summed E-state index contributed by atoms with van der Waals surface area (Å²) in [5.74, 6) is 1.55. The first-order valence-electron chi connectivity index (χ1n) is 8.53. The van der Waals surface area contributed by atoms with Gasteiger partial charge in [0.25, 0.3) is 0 Å². The molecule has 0 bridgehead atoms. The third-order valence-corrected chi connectivity index (χ3v) is 6.62. The van der Waals surface area contributed by atoms with E-state index in [0.717, 1.165) is 50.9 Å². The average Bonchev–Trinajstić information content (AvgIpc) is 3.23. The Morgan fingerprint density at radius 2 is 1.60 bits per heavy atom. The normalized spacial score (nSPS) is 40.0. The molecule has 0 saturated heterocycles. The molecule has 2 atom stereocenters. The van der Waals surface area contributed by atoms with Gasteiger partial charge in [-0.3, -0.25) is 0 Å². The van der Waals surface area contributed by atoms with E-state index in [1.54, 1.807) is 0 Å². The van der Waals surface area contributed by atoms with Crippen molar-refractivity contribution in [3.8, 4) is 6.07 Å². The molecule has 0 aliphatic heterocycles. The second-order valence-corrected chi connectivity index (χ2v) is 8.58. The van der Waals surface area contributed by atoms with E-state index in [0.29, 0.717) is 11.3 Å². The van der Waals surface area contributed by atoms with Crippen LogP contribution in [-0.4, -0.2) is 10.7 Å². The molecule has 0 aromatic carbocycles. The van der Waals surface area contributed by atoms with Crippen molar-refractivity contribution >= 4 is 0 Å². The summed E-state index contributed by atoms with van der Waals surface area (Å²) in [6.07, 6.45) is 10.8. The van der Waals surface area contributed by atoms with E-state index in [4.69, 9.17) is 0 Å². The van der Waals surface area contributed by atoms with Gasteiger partial charge in [-0.15, -0.1) is 0 Å². The SMILES string of the molecule is CC1(C)CCC(C#N)(C2(O)CCCC(C3CC3)C2)CC1. The van der Waals surface area contributed by atoms with Crippen LogP contribution in [0.15, 0.2) is 0 Å². The molecule has 2 nitrogen and oxygen atoms in total. The third-order valence-electron chi connectivity index (χ3n) is 6.62. The van der Waals surface area contributed by atoms with Gasteiger partial charge in [-0.1, -0.05) is 20.3 Å². The Morgan fingerprint density at radius 1 is 0.950 bits per heavy atom. The average molecular weight is 275 g/mol. The zero-order valence-corrected chi connectivity index (χ0v) is 13.1. The molecule has 0 radical (unpaired) electrons. The molecule has 3 rings (SSSR count). The van der Waals surface area contributed by atoms with Crippen molar-refractivity contribution in [1.82, 2.24) is 0 Å². The second-order valence-electron chi connectivity index (χ2n) is 8.58. The Balaban J connectivity index is 1.79. The van der Waals surface area contributed by atoms with Crippen molar-refractivity contribution in [3.63, 3.8) is 0 Å². The molecule has 0 heterocycles. The summed E-state index contributed by atoms with van der Waals surface area (Å²) in [5, 5.41) is 21.2. The second kappa shape index (κ2) is 4.73. The quantitative estimate of drug-likeness (QED) is 0.810. The first kappa shape index (κ1) is 14.4. The van der Waals surface area contributed by atoms with Crippen molar-refractivity contribution in [2.45, 2.75) is 83.7 Å². The van der Waals surface area contributed by atoms with E-state index in [9.17, 15) is 10.4 Å². The van der Waals surface area contributed by atoms with Crippen LogP contribution in [0.1, 0.15) is 78.1 Å². The lowest BCUT2D eigenvalue weighted by Gasteiger charge is -2.51. The molecule has 3 saturated carbocycles. The van der Waals surface area contributed by atoms with Gasteiger partial charge in [0.15, 0.2) is 0 Å². The minimum Gasteiger partial charge on any atom is -0.388 e. The fourth-order valence-corrected chi connectivity index (χ4v) is 4.73. The van der Waals surface area contributed by atoms with Crippen LogP contribution in [0.3, 0.4) is 0 Å². The summed E-state index contributed by atoms with van der Waals surface area (Å²) in [6, 6.07) is 2.60. The number of nitriles is 1. The first-order chi connectivity index (χ1) is 9.40. The van der Waals surface area contributed by atoms with E-state index < -0.39 is 11.0 Å². The van der Waals surface area contributed by atoms with Gasteiger partial charge in [-0.25, -0.2) is 0 Å². The van der Waals surface area contributed by atoms with Gasteiger partial charge in [0.05, 0.1) is 17.1 Å². The molecular weight excluding hydrogens is 246 g/mol. The maximum atomic E-state index is 11.3. The predicted molar refractivity (Wildman–Crippen MR) is 79.9 cm³/mol. The van der Waals surface area contributed by atoms with Crippen molar-refractivity contribution in [2.75, 3.05) is 0 Å². The van der Waals surface area contributed by atoms with Crippen LogP contribution in [0, 0.1) is 34.0 Å². The van der Waals surface area contributed by atoms with E-state index in [-0.39, 0.29) is 0 Å². The molecule has 0 aromatic rings. The highest BCUT2D eigenvalue weighted by Crippen LogP contribution is 2.57. The van der Waals surface area contributed by atoms with Gasteiger partial charge in [0.2, 0.25) is 0 Å². The summed E-state index contributed by atoms with van der Waals surface area (Å²) in [5.41, 5.74) is -0.818. The molecule has 0 amide bonds. The van der Waals surface area contributed by atoms with Crippen LogP contribution >= 0.6 is 0 Å². The third kappa shape index (κ3) is 2.39. The molecule has 0 spiro atoms. The monoisotopic (exact) mass is 275 g/mol. The fourth-order valence-electron chi connectivity index (χ4n) is 4.73. The minimum absolute atomic E-state index is 0.348. The summed E-state index contributed by atoms with van der Waals surface area (Å²) in [4.78, 5) is 0.